The zero-order chi connectivity index (χ0) is 19.4. The van der Waals surface area contributed by atoms with Crippen molar-refractivity contribution in [1.29, 1.82) is 0 Å². The van der Waals surface area contributed by atoms with Crippen LogP contribution in [0.25, 0.3) is 11.3 Å². The maximum Gasteiger partial charge on any atom is 0.167 e. The number of rotatable bonds is 1. The Hall–Kier alpha value is -2.49. The van der Waals surface area contributed by atoms with Gasteiger partial charge in [0.15, 0.2) is 5.78 Å². The molecule has 1 fully saturated rings. The van der Waals surface area contributed by atoms with Crippen LogP contribution in [0.15, 0.2) is 42.2 Å². The van der Waals surface area contributed by atoms with Gasteiger partial charge in [-0.1, -0.05) is 51.1 Å². The highest BCUT2D eigenvalue weighted by Crippen LogP contribution is 2.57. The summed E-state index contributed by atoms with van der Waals surface area (Å²) in [4.78, 5) is 22.5. The SMILES string of the molecule is Cc1nc(-c2ccccc2)c2c(n1)[C@@]1(C)C/C(=C/O)C(=O)C(C)(C)[C@@H]1CC2. The van der Waals surface area contributed by atoms with Crippen LogP contribution in [0.4, 0.5) is 0 Å². The van der Waals surface area contributed by atoms with Crippen molar-refractivity contribution >= 4 is 5.78 Å². The fourth-order valence-electron chi connectivity index (χ4n) is 5.43. The number of ketones is 1. The largest absolute Gasteiger partial charge is 0.515 e. The smallest absolute Gasteiger partial charge is 0.167 e. The molecule has 4 rings (SSSR count). The third-order valence-electron chi connectivity index (χ3n) is 6.62. The first kappa shape index (κ1) is 17.9. The van der Waals surface area contributed by atoms with Crippen LogP contribution in [0.3, 0.4) is 0 Å². The van der Waals surface area contributed by atoms with Gasteiger partial charge in [0.2, 0.25) is 0 Å². The van der Waals surface area contributed by atoms with E-state index < -0.39 is 5.41 Å². The second-order valence-corrected chi connectivity index (χ2v) is 8.70. The van der Waals surface area contributed by atoms with E-state index in [0.717, 1.165) is 41.9 Å². The summed E-state index contributed by atoms with van der Waals surface area (Å²) in [5, 5.41) is 9.72. The molecule has 4 heteroatoms. The second kappa shape index (κ2) is 6.01. The lowest BCUT2D eigenvalue weighted by molar-refractivity contribution is -0.131. The molecule has 0 unspecified atom stereocenters. The number of benzene rings is 1. The van der Waals surface area contributed by atoms with Crippen molar-refractivity contribution in [2.45, 2.75) is 52.4 Å². The number of carbonyl (C=O) groups excluding carboxylic acids is 1. The lowest BCUT2D eigenvalue weighted by atomic mass is 9.50. The van der Waals surface area contributed by atoms with E-state index in [4.69, 9.17) is 9.97 Å². The Morgan fingerprint density at radius 1 is 1.15 bits per heavy atom. The molecule has 0 aliphatic heterocycles. The van der Waals surface area contributed by atoms with Crippen LogP contribution in [0.5, 0.6) is 0 Å². The topological polar surface area (TPSA) is 63.1 Å². The van der Waals surface area contributed by atoms with Crippen molar-refractivity contribution in [3.63, 3.8) is 0 Å². The predicted octanol–water partition coefficient (Wildman–Crippen LogP) is 4.71. The number of aliphatic hydroxyl groups is 1. The van der Waals surface area contributed by atoms with Crippen molar-refractivity contribution < 1.29 is 9.90 Å². The highest BCUT2D eigenvalue weighted by molar-refractivity contribution is 6.01. The molecule has 2 aromatic rings. The zero-order valence-corrected chi connectivity index (χ0v) is 16.4. The number of fused-ring (bicyclic) bond motifs is 3. The van der Waals surface area contributed by atoms with Crippen molar-refractivity contribution in [2.24, 2.45) is 11.3 Å². The number of aryl methyl sites for hydroxylation is 1. The summed E-state index contributed by atoms with van der Waals surface area (Å²) in [5.74, 6) is 0.996. The maximum absolute atomic E-state index is 12.9. The lowest BCUT2D eigenvalue weighted by Gasteiger charge is -2.53. The van der Waals surface area contributed by atoms with Gasteiger partial charge in [-0.2, -0.15) is 0 Å². The molecule has 1 saturated carbocycles. The molecule has 4 nitrogen and oxygen atoms in total. The monoisotopic (exact) mass is 362 g/mol. The number of Topliss-reactive ketones (excluding diaryl/α,β-unsaturated/α-hetero) is 1. The van der Waals surface area contributed by atoms with Gasteiger partial charge in [-0.15, -0.1) is 0 Å². The van der Waals surface area contributed by atoms with Crippen molar-refractivity contribution in [3.05, 3.63) is 59.2 Å². The van der Waals surface area contributed by atoms with Gasteiger partial charge in [0.25, 0.3) is 0 Å². The summed E-state index contributed by atoms with van der Waals surface area (Å²) in [6.45, 7) is 8.16. The van der Waals surface area contributed by atoms with Gasteiger partial charge < -0.3 is 5.11 Å². The molecule has 140 valence electrons. The van der Waals surface area contributed by atoms with E-state index in [-0.39, 0.29) is 17.1 Å². The molecule has 1 N–H and O–H groups in total. The summed E-state index contributed by atoms with van der Waals surface area (Å²) in [7, 11) is 0. The molecule has 0 radical (unpaired) electrons. The van der Waals surface area contributed by atoms with Crippen molar-refractivity contribution in [3.8, 4) is 11.3 Å². The van der Waals surface area contributed by atoms with E-state index in [1.54, 1.807) is 0 Å². The Balaban J connectivity index is 1.95. The molecular weight excluding hydrogens is 336 g/mol. The van der Waals surface area contributed by atoms with Crippen LogP contribution >= 0.6 is 0 Å². The summed E-state index contributed by atoms with van der Waals surface area (Å²) in [5.41, 5.74) is 4.02. The summed E-state index contributed by atoms with van der Waals surface area (Å²) >= 11 is 0. The van der Waals surface area contributed by atoms with Crippen LogP contribution in [0, 0.1) is 18.3 Å². The van der Waals surface area contributed by atoms with E-state index in [1.807, 2.05) is 39.0 Å². The fourth-order valence-corrected chi connectivity index (χ4v) is 5.43. The molecule has 0 spiro atoms. The molecule has 2 aliphatic rings. The van der Waals surface area contributed by atoms with E-state index in [9.17, 15) is 9.90 Å². The van der Waals surface area contributed by atoms with Crippen molar-refractivity contribution in [1.82, 2.24) is 9.97 Å². The average Bonchev–Trinajstić information content (AvgIpc) is 2.65. The minimum absolute atomic E-state index is 0.0602. The number of hydrogen-bond donors (Lipinski definition) is 1. The van der Waals surface area contributed by atoms with Gasteiger partial charge in [0.1, 0.15) is 5.82 Å². The highest BCUT2D eigenvalue weighted by atomic mass is 16.2. The first-order chi connectivity index (χ1) is 12.8. The van der Waals surface area contributed by atoms with Gasteiger partial charge in [-0.05, 0) is 32.1 Å². The van der Waals surface area contributed by atoms with E-state index in [0.29, 0.717) is 12.0 Å². The minimum Gasteiger partial charge on any atom is -0.515 e. The molecular formula is C23H26N2O2. The molecule has 1 aromatic carbocycles. The average molecular weight is 362 g/mol. The molecule has 0 amide bonds. The Morgan fingerprint density at radius 3 is 2.52 bits per heavy atom. The Morgan fingerprint density at radius 2 is 1.85 bits per heavy atom. The summed E-state index contributed by atoms with van der Waals surface area (Å²) in [6, 6.07) is 10.2. The molecule has 0 saturated heterocycles. The molecule has 2 atom stereocenters. The number of nitrogens with zero attached hydrogens (tertiary/aromatic N) is 2. The van der Waals surface area contributed by atoms with Gasteiger partial charge >= 0.3 is 0 Å². The first-order valence-corrected chi connectivity index (χ1v) is 9.60. The van der Waals surface area contributed by atoms with Gasteiger partial charge in [0.05, 0.1) is 17.6 Å². The number of allylic oxidation sites excluding steroid dienone is 1. The minimum atomic E-state index is -0.523. The van der Waals surface area contributed by atoms with Crippen LogP contribution in [-0.4, -0.2) is 20.9 Å². The summed E-state index contributed by atoms with van der Waals surface area (Å²) in [6.07, 6.45) is 3.32. The molecule has 1 heterocycles. The Kier molecular flexibility index (Phi) is 3.99. The second-order valence-electron chi connectivity index (χ2n) is 8.70. The van der Waals surface area contributed by atoms with Crippen LogP contribution < -0.4 is 0 Å². The normalized spacial score (nSPS) is 27.9. The van der Waals surface area contributed by atoms with E-state index in [1.165, 1.54) is 5.56 Å². The third kappa shape index (κ3) is 2.53. The van der Waals surface area contributed by atoms with Gasteiger partial charge in [-0.25, -0.2) is 9.97 Å². The number of hydrogen-bond acceptors (Lipinski definition) is 4. The highest BCUT2D eigenvalue weighted by Gasteiger charge is 2.56. The van der Waals surface area contributed by atoms with Crippen LogP contribution in [-0.2, 0) is 16.6 Å². The molecule has 1 aromatic heterocycles. The molecule has 27 heavy (non-hydrogen) atoms. The Bertz CT molecular complexity index is 946. The van der Waals surface area contributed by atoms with Crippen LogP contribution in [0.2, 0.25) is 0 Å². The first-order valence-electron chi connectivity index (χ1n) is 9.60. The molecule has 2 aliphatic carbocycles. The maximum atomic E-state index is 12.9. The standard InChI is InChI=1S/C23H26N2O2/c1-14-24-19(15-8-6-5-7-9-15)17-10-11-18-22(2,3)21(27)16(13-26)12-23(18,4)20(17)25-14/h5-9,13,18,26H,10-12H2,1-4H3/b16-13-/t18-,23-/m0/s1. The van der Waals surface area contributed by atoms with Crippen LogP contribution in [0.1, 0.15) is 50.7 Å². The van der Waals surface area contributed by atoms with E-state index in [2.05, 4.69) is 19.1 Å². The number of aliphatic hydroxyl groups excluding tert-OH is 1. The molecule has 0 bridgehead atoms. The Labute approximate surface area is 160 Å². The fraction of sp³-hybridized carbons (Fsp3) is 0.435. The van der Waals surface area contributed by atoms with Gasteiger partial charge in [0, 0.05) is 27.5 Å². The van der Waals surface area contributed by atoms with Crippen molar-refractivity contribution in [2.75, 3.05) is 0 Å². The number of aromatic nitrogens is 2. The van der Waals surface area contributed by atoms with Gasteiger partial charge in [-0.3, -0.25) is 4.79 Å². The van der Waals surface area contributed by atoms with E-state index >= 15 is 0 Å². The number of carbonyl (C=O) groups is 1. The summed E-state index contributed by atoms with van der Waals surface area (Å²) < 4.78 is 0. The third-order valence-corrected chi connectivity index (χ3v) is 6.62. The quantitative estimate of drug-likeness (QED) is 0.589. The lowest BCUT2D eigenvalue weighted by Crippen LogP contribution is -2.53. The predicted molar refractivity (Wildman–Crippen MR) is 105 cm³/mol. The zero-order valence-electron chi connectivity index (χ0n) is 16.4.